The predicted octanol–water partition coefficient (Wildman–Crippen LogP) is 1.96. The van der Waals surface area contributed by atoms with Gasteiger partial charge in [0.15, 0.2) is 0 Å². The van der Waals surface area contributed by atoms with Crippen LogP contribution in [0.5, 0.6) is 0 Å². The van der Waals surface area contributed by atoms with Gasteiger partial charge in [0, 0.05) is 7.11 Å². The van der Waals surface area contributed by atoms with Crippen molar-refractivity contribution >= 4 is 0 Å². The molecule has 1 aliphatic carbocycles. The maximum atomic E-state index is 8.75. The third-order valence-corrected chi connectivity index (χ3v) is 2.67. The van der Waals surface area contributed by atoms with Crippen molar-refractivity contribution in [3.8, 4) is 6.07 Å². The van der Waals surface area contributed by atoms with Gasteiger partial charge in [-0.3, -0.25) is 0 Å². The van der Waals surface area contributed by atoms with Crippen molar-refractivity contribution in [1.29, 1.82) is 5.26 Å². The minimum atomic E-state index is 0.143. The second kappa shape index (κ2) is 3.73. The van der Waals surface area contributed by atoms with E-state index in [4.69, 9.17) is 10.00 Å². The van der Waals surface area contributed by atoms with Gasteiger partial charge in [-0.25, -0.2) is 0 Å². The molecule has 0 N–H and O–H groups in total. The summed E-state index contributed by atoms with van der Waals surface area (Å²) in [7, 11) is 1.71. The van der Waals surface area contributed by atoms with Gasteiger partial charge >= 0.3 is 0 Å². The summed E-state index contributed by atoms with van der Waals surface area (Å²) in [6.07, 6.45) is 3.52. The molecule has 0 bridgehead atoms. The number of hydrogen-bond acceptors (Lipinski definition) is 2. The van der Waals surface area contributed by atoms with Crippen molar-refractivity contribution in [2.45, 2.75) is 32.3 Å². The van der Waals surface area contributed by atoms with Gasteiger partial charge in [-0.05, 0) is 18.8 Å². The zero-order chi connectivity index (χ0) is 8.27. The molecule has 0 radical (unpaired) electrons. The molecule has 0 aromatic carbocycles. The minimum absolute atomic E-state index is 0.143. The lowest BCUT2D eigenvalue weighted by atomic mass is 9.99. The summed E-state index contributed by atoms with van der Waals surface area (Å²) in [5.41, 5.74) is 0. The molecule has 0 saturated heterocycles. The predicted molar refractivity (Wildman–Crippen MR) is 42.9 cm³/mol. The Morgan fingerprint density at radius 2 is 2.27 bits per heavy atom. The highest BCUT2D eigenvalue weighted by Crippen LogP contribution is 2.34. The van der Waals surface area contributed by atoms with Crippen molar-refractivity contribution in [2.24, 2.45) is 11.8 Å². The summed E-state index contributed by atoms with van der Waals surface area (Å²) >= 11 is 0. The van der Waals surface area contributed by atoms with Crippen molar-refractivity contribution in [3.05, 3.63) is 0 Å². The van der Waals surface area contributed by atoms with E-state index in [1.54, 1.807) is 7.11 Å². The van der Waals surface area contributed by atoms with Crippen LogP contribution in [-0.4, -0.2) is 13.2 Å². The molecule has 1 aliphatic rings. The van der Waals surface area contributed by atoms with E-state index < -0.39 is 0 Å². The zero-order valence-electron chi connectivity index (χ0n) is 7.21. The van der Waals surface area contributed by atoms with Crippen molar-refractivity contribution in [2.75, 3.05) is 7.11 Å². The molecule has 11 heavy (non-hydrogen) atoms. The van der Waals surface area contributed by atoms with Gasteiger partial charge in [0.2, 0.25) is 0 Å². The van der Waals surface area contributed by atoms with Crippen LogP contribution in [0.3, 0.4) is 0 Å². The second-order valence-electron chi connectivity index (χ2n) is 3.18. The molecule has 1 fully saturated rings. The minimum Gasteiger partial charge on any atom is -0.380 e. The monoisotopic (exact) mass is 153 g/mol. The highest BCUT2D eigenvalue weighted by atomic mass is 16.5. The van der Waals surface area contributed by atoms with Gasteiger partial charge < -0.3 is 4.74 Å². The summed E-state index contributed by atoms with van der Waals surface area (Å²) in [5.74, 6) is 0.759. The smallest absolute Gasteiger partial charge is 0.0757 e. The standard InChI is InChI=1S/C9H15NO/c1-3-7-4-5-8(6-10)9(7)11-2/h7-9H,3-5H2,1-2H3. The Morgan fingerprint density at radius 3 is 2.73 bits per heavy atom. The van der Waals surface area contributed by atoms with Gasteiger partial charge in [0.1, 0.15) is 0 Å². The Morgan fingerprint density at radius 1 is 1.55 bits per heavy atom. The van der Waals surface area contributed by atoms with Crippen LogP contribution in [0.25, 0.3) is 0 Å². The van der Waals surface area contributed by atoms with Crippen molar-refractivity contribution < 1.29 is 4.74 Å². The normalized spacial score (nSPS) is 37.0. The lowest BCUT2D eigenvalue weighted by Gasteiger charge is -2.17. The van der Waals surface area contributed by atoms with Crippen LogP contribution in [0.4, 0.5) is 0 Å². The first kappa shape index (κ1) is 8.55. The van der Waals surface area contributed by atoms with Crippen molar-refractivity contribution in [1.82, 2.24) is 0 Å². The van der Waals surface area contributed by atoms with E-state index in [9.17, 15) is 0 Å². The molecule has 62 valence electrons. The topological polar surface area (TPSA) is 33.0 Å². The van der Waals surface area contributed by atoms with Crippen LogP contribution in [-0.2, 0) is 4.74 Å². The summed E-state index contributed by atoms with van der Waals surface area (Å²) in [6.45, 7) is 2.16. The Labute approximate surface area is 68.2 Å². The molecular weight excluding hydrogens is 138 g/mol. The lowest BCUT2D eigenvalue weighted by molar-refractivity contribution is 0.0515. The van der Waals surface area contributed by atoms with Crippen LogP contribution >= 0.6 is 0 Å². The lowest BCUT2D eigenvalue weighted by Crippen LogP contribution is -2.22. The average Bonchev–Trinajstić information content (AvgIpc) is 2.45. The number of methoxy groups -OCH3 is 1. The number of nitriles is 1. The van der Waals surface area contributed by atoms with E-state index >= 15 is 0 Å². The molecule has 3 atom stereocenters. The van der Waals surface area contributed by atoms with Gasteiger partial charge in [0.05, 0.1) is 18.1 Å². The van der Waals surface area contributed by atoms with E-state index in [1.165, 1.54) is 0 Å². The molecule has 1 rings (SSSR count). The SMILES string of the molecule is CCC1CCC(C#N)C1OC. The fourth-order valence-electron chi connectivity index (χ4n) is 1.98. The van der Waals surface area contributed by atoms with Crippen LogP contribution in [0.15, 0.2) is 0 Å². The molecule has 2 nitrogen and oxygen atoms in total. The molecule has 0 heterocycles. The number of rotatable bonds is 2. The third kappa shape index (κ3) is 1.54. The van der Waals surface area contributed by atoms with E-state index in [1.807, 2.05) is 0 Å². The molecule has 0 aromatic heterocycles. The largest absolute Gasteiger partial charge is 0.380 e. The van der Waals surface area contributed by atoms with Crippen LogP contribution in [0.2, 0.25) is 0 Å². The fraction of sp³-hybridized carbons (Fsp3) is 0.889. The fourth-order valence-corrected chi connectivity index (χ4v) is 1.98. The Kier molecular flexibility index (Phi) is 2.90. The molecule has 1 saturated carbocycles. The van der Waals surface area contributed by atoms with Gasteiger partial charge in [-0.15, -0.1) is 0 Å². The second-order valence-corrected chi connectivity index (χ2v) is 3.18. The summed E-state index contributed by atoms with van der Waals surface area (Å²) < 4.78 is 5.30. The summed E-state index contributed by atoms with van der Waals surface area (Å²) in [5, 5.41) is 8.75. The number of nitrogens with zero attached hydrogens (tertiary/aromatic N) is 1. The van der Waals surface area contributed by atoms with Crippen LogP contribution in [0.1, 0.15) is 26.2 Å². The highest BCUT2D eigenvalue weighted by Gasteiger charge is 2.34. The zero-order valence-corrected chi connectivity index (χ0v) is 7.21. The Bertz CT molecular complexity index is 161. The molecular formula is C9H15NO. The first-order valence-electron chi connectivity index (χ1n) is 4.25. The first-order valence-corrected chi connectivity index (χ1v) is 4.25. The highest BCUT2D eigenvalue weighted by molar-refractivity contribution is 4.97. The average molecular weight is 153 g/mol. The number of ether oxygens (including phenoxy) is 1. The molecule has 0 amide bonds. The Hall–Kier alpha value is -0.550. The van der Waals surface area contributed by atoms with Gasteiger partial charge in [-0.1, -0.05) is 13.3 Å². The Balaban J connectivity index is 2.56. The van der Waals surface area contributed by atoms with E-state index in [-0.39, 0.29) is 12.0 Å². The van der Waals surface area contributed by atoms with Gasteiger partial charge in [-0.2, -0.15) is 5.26 Å². The quantitative estimate of drug-likeness (QED) is 0.607. The summed E-state index contributed by atoms with van der Waals surface area (Å²) in [4.78, 5) is 0. The molecule has 2 heteroatoms. The maximum Gasteiger partial charge on any atom is 0.0757 e. The van der Waals surface area contributed by atoms with Crippen LogP contribution < -0.4 is 0 Å². The van der Waals surface area contributed by atoms with Gasteiger partial charge in [0.25, 0.3) is 0 Å². The van der Waals surface area contributed by atoms with E-state index in [2.05, 4.69) is 13.0 Å². The third-order valence-electron chi connectivity index (χ3n) is 2.67. The maximum absolute atomic E-state index is 8.75. The van der Waals surface area contributed by atoms with E-state index in [0.29, 0.717) is 5.92 Å². The summed E-state index contributed by atoms with van der Waals surface area (Å²) in [6, 6.07) is 2.30. The number of hydrogen-bond donors (Lipinski definition) is 0. The van der Waals surface area contributed by atoms with E-state index in [0.717, 1.165) is 19.3 Å². The molecule has 0 spiro atoms. The van der Waals surface area contributed by atoms with Crippen molar-refractivity contribution in [3.63, 3.8) is 0 Å². The molecule has 0 aromatic rings. The molecule has 0 aliphatic heterocycles. The molecule has 3 unspecified atom stereocenters. The van der Waals surface area contributed by atoms with Crippen LogP contribution in [0, 0.1) is 23.2 Å². The first-order chi connectivity index (χ1) is 5.33.